The van der Waals surface area contributed by atoms with E-state index in [0.29, 0.717) is 6.54 Å². The molecule has 7 heteroatoms. The molecule has 2 aliphatic heterocycles. The number of aliphatic imine (C=N–C) groups is 2. The Morgan fingerprint density at radius 1 is 1.06 bits per heavy atom. The maximum atomic E-state index is 4.71. The fraction of sp³-hybridized carbons (Fsp3) is 0.214. The zero-order chi connectivity index (χ0) is 23.8. The number of rotatable bonds is 5. The Labute approximate surface area is 204 Å². The van der Waals surface area contributed by atoms with E-state index in [1.165, 1.54) is 10.9 Å². The van der Waals surface area contributed by atoms with Gasteiger partial charge in [0.1, 0.15) is 0 Å². The Morgan fingerprint density at radius 2 is 2.00 bits per heavy atom. The van der Waals surface area contributed by atoms with E-state index in [-0.39, 0.29) is 6.04 Å². The minimum atomic E-state index is -0.158. The van der Waals surface area contributed by atoms with Crippen LogP contribution in [0.3, 0.4) is 0 Å². The van der Waals surface area contributed by atoms with Gasteiger partial charge >= 0.3 is 0 Å². The van der Waals surface area contributed by atoms with Crippen molar-refractivity contribution in [3.05, 3.63) is 77.8 Å². The topological polar surface area (TPSA) is 79.5 Å². The van der Waals surface area contributed by atoms with E-state index in [1.807, 2.05) is 31.5 Å². The van der Waals surface area contributed by atoms with Crippen LogP contribution in [0, 0.1) is 6.92 Å². The third kappa shape index (κ3) is 4.10. The second-order valence-corrected chi connectivity index (χ2v) is 9.02. The first-order valence-corrected chi connectivity index (χ1v) is 11.9. The van der Waals surface area contributed by atoms with E-state index in [4.69, 9.17) is 4.99 Å². The molecule has 4 aromatic rings. The van der Waals surface area contributed by atoms with Gasteiger partial charge in [-0.15, -0.1) is 0 Å². The van der Waals surface area contributed by atoms with Crippen LogP contribution in [0.15, 0.2) is 76.4 Å². The molecule has 0 amide bonds. The van der Waals surface area contributed by atoms with E-state index in [1.54, 1.807) is 0 Å². The summed E-state index contributed by atoms with van der Waals surface area (Å²) in [6, 6.07) is 16.9. The van der Waals surface area contributed by atoms with Gasteiger partial charge in [0, 0.05) is 49.0 Å². The maximum absolute atomic E-state index is 4.71. The predicted octanol–water partition coefficient (Wildman–Crippen LogP) is 5.63. The number of dihydropyridines is 1. The Balaban J connectivity index is 1.46. The summed E-state index contributed by atoms with van der Waals surface area (Å²) < 4.78 is 2.15. The van der Waals surface area contributed by atoms with Gasteiger partial charge in [-0.05, 0) is 66.3 Å². The summed E-state index contributed by atoms with van der Waals surface area (Å²) in [5, 5.41) is 17.3. The van der Waals surface area contributed by atoms with Crippen LogP contribution in [-0.4, -0.2) is 40.3 Å². The summed E-state index contributed by atoms with van der Waals surface area (Å²) in [7, 11) is 2.08. The zero-order valence-electron chi connectivity index (χ0n) is 19.9. The third-order valence-electron chi connectivity index (χ3n) is 6.55. The summed E-state index contributed by atoms with van der Waals surface area (Å²) in [6.07, 6.45) is 9.11. The summed E-state index contributed by atoms with van der Waals surface area (Å²) in [6.45, 7) is 3.48. The highest BCUT2D eigenvalue weighted by Gasteiger charge is 2.21. The quantitative estimate of drug-likeness (QED) is 0.404. The van der Waals surface area contributed by atoms with Crippen molar-refractivity contribution in [1.82, 2.24) is 14.8 Å². The van der Waals surface area contributed by atoms with Crippen molar-refractivity contribution in [2.24, 2.45) is 17.0 Å². The lowest BCUT2D eigenvalue weighted by atomic mass is 9.98. The molecule has 4 heterocycles. The Hall–Kier alpha value is -4.26. The van der Waals surface area contributed by atoms with Crippen LogP contribution < -0.4 is 10.6 Å². The Bertz CT molecular complexity index is 1490. The number of benzene rings is 2. The Morgan fingerprint density at radius 3 is 2.83 bits per heavy atom. The molecule has 1 atom stereocenters. The molecule has 2 N–H and O–H groups in total. The fourth-order valence-electron chi connectivity index (χ4n) is 4.73. The lowest BCUT2D eigenvalue weighted by Crippen LogP contribution is -2.18. The van der Waals surface area contributed by atoms with Gasteiger partial charge in [-0.2, -0.15) is 10.2 Å². The number of hydrogen-bond acceptors (Lipinski definition) is 6. The van der Waals surface area contributed by atoms with Gasteiger partial charge in [0.15, 0.2) is 0 Å². The molecule has 1 unspecified atom stereocenters. The summed E-state index contributed by atoms with van der Waals surface area (Å²) in [5.74, 6) is 0. The molecule has 0 aliphatic carbocycles. The minimum Gasteiger partial charge on any atom is -0.378 e. The van der Waals surface area contributed by atoms with Crippen LogP contribution in [-0.2, 0) is 7.05 Å². The highest BCUT2D eigenvalue weighted by Crippen LogP contribution is 2.42. The normalized spacial score (nSPS) is 15.4. The number of nitrogens with zero attached hydrogens (tertiary/aromatic N) is 5. The molecule has 0 saturated heterocycles. The average Bonchev–Trinajstić information content (AvgIpc) is 3.28. The molecule has 0 bridgehead atoms. The van der Waals surface area contributed by atoms with Crippen molar-refractivity contribution in [2.75, 3.05) is 23.7 Å². The lowest BCUT2D eigenvalue weighted by molar-refractivity contribution is 0.817. The van der Waals surface area contributed by atoms with E-state index in [2.05, 4.69) is 86.1 Å². The molecule has 174 valence electrons. The first-order valence-electron chi connectivity index (χ1n) is 11.9. The monoisotopic (exact) mass is 461 g/mol. The minimum absolute atomic E-state index is 0.158. The van der Waals surface area contributed by atoms with Crippen LogP contribution in [0.4, 0.5) is 17.1 Å². The number of hydrogen-bond donors (Lipinski definition) is 2. The maximum Gasteiger partial charge on any atom is 0.0970 e. The van der Waals surface area contributed by atoms with Gasteiger partial charge < -0.3 is 15.2 Å². The van der Waals surface area contributed by atoms with Gasteiger partial charge in [0.25, 0.3) is 0 Å². The third-order valence-corrected chi connectivity index (χ3v) is 6.55. The van der Waals surface area contributed by atoms with Crippen molar-refractivity contribution in [2.45, 2.75) is 19.4 Å². The summed E-state index contributed by atoms with van der Waals surface area (Å²) >= 11 is 0. The molecule has 6 rings (SSSR count). The second-order valence-electron chi connectivity index (χ2n) is 9.02. The number of nitrogens with one attached hydrogen (secondary N) is 2. The molecule has 0 saturated carbocycles. The number of fused-ring (bicyclic) bond motifs is 2. The fourth-order valence-corrected chi connectivity index (χ4v) is 4.73. The zero-order valence-corrected chi connectivity index (χ0v) is 19.9. The highest BCUT2D eigenvalue weighted by molar-refractivity contribution is 5.96. The van der Waals surface area contributed by atoms with Crippen LogP contribution in [0.1, 0.15) is 23.9 Å². The molecule has 0 spiro atoms. The number of aryl methyl sites for hydroxylation is 2. The standard InChI is InChI=1S/C28H27N7/c1-18-5-8-24(34-33-18)27(21-4-3-10-29-17-21)32-22-15-23(28-25(16-22)30-11-12-31-28)20-7-6-19-9-13-35(2)26(19)14-20/h4-9,11,13-17,27,31-32H,3,10,12H2,1-2H3. The van der Waals surface area contributed by atoms with Gasteiger partial charge in [0.05, 0.1) is 35.3 Å². The van der Waals surface area contributed by atoms with Crippen molar-refractivity contribution in [1.29, 1.82) is 0 Å². The van der Waals surface area contributed by atoms with Gasteiger partial charge in [-0.3, -0.25) is 9.98 Å². The van der Waals surface area contributed by atoms with E-state index in [0.717, 1.165) is 58.1 Å². The molecule has 0 radical (unpaired) electrons. The highest BCUT2D eigenvalue weighted by atomic mass is 15.1. The predicted molar refractivity (Wildman–Crippen MR) is 144 cm³/mol. The lowest BCUT2D eigenvalue weighted by Gasteiger charge is -2.24. The Kier molecular flexibility index (Phi) is 5.37. The molecule has 0 fully saturated rings. The smallest absolute Gasteiger partial charge is 0.0970 e. The van der Waals surface area contributed by atoms with E-state index < -0.39 is 0 Å². The molecule has 2 aromatic heterocycles. The largest absolute Gasteiger partial charge is 0.378 e. The molecule has 7 nitrogen and oxygen atoms in total. The van der Waals surface area contributed by atoms with Crippen LogP contribution >= 0.6 is 0 Å². The van der Waals surface area contributed by atoms with Crippen LogP contribution in [0.2, 0.25) is 0 Å². The van der Waals surface area contributed by atoms with Crippen molar-refractivity contribution >= 4 is 40.4 Å². The summed E-state index contributed by atoms with van der Waals surface area (Å²) in [5.41, 5.74) is 9.26. The molecule has 2 aromatic carbocycles. The van der Waals surface area contributed by atoms with Crippen molar-refractivity contribution < 1.29 is 0 Å². The van der Waals surface area contributed by atoms with Crippen molar-refractivity contribution in [3.8, 4) is 11.1 Å². The SMILES string of the molecule is Cc1ccc(C(Nc2cc3c(c(-c4ccc5ccn(C)c5c4)c2)NCC=N3)C2=CCCN=C2)nn1. The first-order chi connectivity index (χ1) is 17.2. The van der Waals surface area contributed by atoms with Gasteiger partial charge in [0.2, 0.25) is 0 Å². The van der Waals surface area contributed by atoms with E-state index >= 15 is 0 Å². The second kappa shape index (κ2) is 8.83. The van der Waals surface area contributed by atoms with Crippen LogP contribution in [0.5, 0.6) is 0 Å². The van der Waals surface area contributed by atoms with E-state index in [9.17, 15) is 0 Å². The summed E-state index contributed by atoms with van der Waals surface area (Å²) in [4.78, 5) is 9.23. The van der Waals surface area contributed by atoms with Crippen molar-refractivity contribution in [3.63, 3.8) is 0 Å². The molecule has 35 heavy (non-hydrogen) atoms. The first kappa shape index (κ1) is 21.3. The average molecular weight is 462 g/mol. The van der Waals surface area contributed by atoms with Gasteiger partial charge in [-0.25, -0.2) is 0 Å². The molecular weight excluding hydrogens is 434 g/mol. The molecule has 2 aliphatic rings. The number of aromatic nitrogens is 3. The number of anilines is 2. The van der Waals surface area contributed by atoms with Crippen LogP contribution in [0.25, 0.3) is 22.0 Å². The molecular formula is C28H27N7. The van der Waals surface area contributed by atoms with Gasteiger partial charge in [-0.1, -0.05) is 18.2 Å².